The first kappa shape index (κ1) is 18.3. The van der Waals surface area contributed by atoms with Crippen molar-refractivity contribution in [1.29, 1.82) is 0 Å². The molecule has 6 heteroatoms. The van der Waals surface area contributed by atoms with E-state index in [1.165, 1.54) is 0 Å². The number of halogens is 4. The van der Waals surface area contributed by atoms with Crippen LogP contribution < -0.4 is 5.32 Å². The number of nitrogens with one attached hydrogen (secondary N) is 1. The fraction of sp³-hybridized carbons (Fsp3) is 0.600. The Morgan fingerprint density at radius 2 is 1.81 bits per heavy atom. The van der Waals surface area contributed by atoms with Crippen LogP contribution in [0.25, 0.3) is 0 Å². The van der Waals surface area contributed by atoms with Crippen LogP contribution >= 0.6 is 12.4 Å². The quantitative estimate of drug-likeness (QED) is 0.914. The molecule has 0 amide bonds. The van der Waals surface area contributed by atoms with E-state index in [0.717, 1.165) is 29.8 Å². The van der Waals surface area contributed by atoms with Gasteiger partial charge in [0.1, 0.15) is 0 Å². The highest BCUT2D eigenvalue weighted by Gasteiger charge is 2.36. The zero-order valence-electron chi connectivity index (χ0n) is 12.3. The largest absolute Gasteiger partial charge is 0.390 e. The number of rotatable bonds is 3. The molecule has 1 aliphatic rings. The predicted molar refractivity (Wildman–Crippen MR) is 81.0 cm³/mol. The number of hydrogen-bond donors (Lipinski definition) is 1. The first-order chi connectivity index (χ1) is 9.37. The number of aryl methyl sites for hydroxylation is 2. The fourth-order valence-electron chi connectivity index (χ4n) is 2.85. The maximum absolute atomic E-state index is 12.9. The van der Waals surface area contributed by atoms with Gasteiger partial charge in [-0.05, 0) is 25.0 Å². The molecule has 1 heterocycles. The summed E-state index contributed by atoms with van der Waals surface area (Å²) in [5.41, 5.74) is 2.82. The summed E-state index contributed by atoms with van der Waals surface area (Å²) in [6.45, 7) is 6.68. The number of alkyl halides is 3. The Morgan fingerprint density at radius 3 is 2.33 bits per heavy atom. The van der Waals surface area contributed by atoms with Crippen molar-refractivity contribution in [2.75, 3.05) is 26.2 Å². The average Bonchev–Trinajstić information content (AvgIpc) is 2.36. The molecule has 0 saturated carbocycles. The molecule has 1 aromatic carbocycles. The maximum Gasteiger partial charge on any atom is 0.390 e. The number of piperazine rings is 1. The minimum atomic E-state index is -4.15. The summed E-state index contributed by atoms with van der Waals surface area (Å²) in [6.07, 6.45) is -4.93. The van der Waals surface area contributed by atoms with Gasteiger partial charge >= 0.3 is 6.18 Å². The van der Waals surface area contributed by atoms with E-state index in [2.05, 4.69) is 5.32 Å². The van der Waals surface area contributed by atoms with Gasteiger partial charge in [-0.2, -0.15) is 13.2 Å². The lowest BCUT2D eigenvalue weighted by Crippen LogP contribution is -2.46. The molecule has 2 nitrogen and oxygen atoms in total. The molecule has 2 rings (SSSR count). The molecule has 1 saturated heterocycles. The second kappa shape index (κ2) is 7.47. The van der Waals surface area contributed by atoms with Gasteiger partial charge in [-0.15, -0.1) is 12.4 Å². The molecular formula is C15H22ClF3N2. The Hall–Kier alpha value is -0.780. The van der Waals surface area contributed by atoms with Crippen LogP contribution in [0.1, 0.15) is 29.2 Å². The van der Waals surface area contributed by atoms with E-state index in [1.807, 2.05) is 36.9 Å². The highest BCUT2D eigenvalue weighted by atomic mass is 35.5. The van der Waals surface area contributed by atoms with Crippen molar-refractivity contribution in [3.8, 4) is 0 Å². The Bertz CT molecular complexity index is 457. The van der Waals surface area contributed by atoms with Crippen molar-refractivity contribution in [2.24, 2.45) is 0 Å². The van der Waals surface area contributed by atoms with Crippen molar-refractivity contribution in [3.05, 3.63) is 34.9 Å². The van der Waals surface area contributed by atoms with Crippen molar-refractivity contribution >= 4 is 12.4 Å². The van der Waals surface area contributed by atoms with Gasteiger partial charge in [0, 0.05) is 32.2 Å². The molecule has 0 radical (unpaired) electrons. The maximum atomic E-state index is 12.9. The number of hydrogen-bond acceptors (Lipinski definition) is 2. The third kappa shape index (κ3) is 5.16. The highest BCUT2D eigenvalue weighted by Crippen LogP contribution is 2.35. The topological polar surface area (TPSA) is 15.3 Å². The predicted octanol–water partition coefficient (Wildman–Crippen LogP) is 3.62. The third-order valence-corrected chi connectivity index (χ3v) is 3.80. The number of nitrogens with zero attached hydrogens (tertiary/aromatic N) is 1. The third-order valence-electron chi connectivity index (χ3n) is 3.80. The van der Waals surface area contributed by atoms with Crippen molar-refractivity contribution in [2.45, 2.75) is 32.5 Å². The first-order valence-electron chi connectivity index (χ1n) is 6.95. The summed E-state index contributed by atoms with van der Waals surface area (Å²) in [7, 11) is 0. The van der Waals surface area contributed by atoms with Crippen LogP contribution in [0.2, 0.25) is 0 Å². The lowest BCUT2D eigenvalue weighted by atomic mass is 9.95. The van der Waals surface area contributed by atoms with Gasteiger partial charge < -0.3 is 5.32 Å². The lowest BCUT2D eigenvalue weighted by molar-refractivity contribution is -0.148. The molecule has 21 heavy (non-hydrogen) atoms. The standard InChI is InChI=1S/C15H21F3N2.ClH/c1-11-3-4-13(12(2)9-11)14(10-15(16,17)18)20-7-5-19-6-8-20;/h3-4,9,14,19H,5-8,10H2,1-2H3;1H/t14-;/m1./s1. The first-order valence-corrected chi connectivity index (χ1v) is 6.95. The van der Waals surface area contributed by atoms with Gasteiger partial charge in [-0.25, -0.2) is 0 Å². The Labute approximate surface area is 130 Å². The van der Waals surface area contributed by atoms with Crippen LogP contribution in [0.4, 0.5) is 13.2 Å². The van der Waals surface area contributed by atoms with Gasteiger partial charge in [0.2, 0.25) is 0 Å². The van der Waals surface area contributed by atoms with Gasteiger partial charge in [0.25, 0.3) is 0 Å². The number of benzene rings is 1. The van der Waals surface area contributed by atoms with E-state index in [0.29, 0.717) is 13.1 Å². The summed E-state index contributed by atoms with van der Waals surface area (Å²) >= 11 is 0. The molecule has 0 aromatic heterocycles. The molecule has 1 fully saturated rings. The minimum absolute atomic E-state index is 0. The average molecular weight is 323 g/mol. The summed E-state index contributed by atoms with van der Waals surface area (Å²) in [4.78, 5) is 1.95. The molecular weight excluding hydrogens is 301 g/mol. The highest BCUT2D eigenvalue weighted by molar-refractivity contribution is 5.85. The molecule has 1 aliphatic heterocycles. The Balaban J connectivity index is 0.00000220. The second-order valence-corrected chi connectivity index (χ2v) is 5.48. The monoisotopic (exact) mass is 322 g/mol. The molecule has 1 aromatic rings. The lowest BCUT2D eigenvalue weighted by Gasteiger charge is -2.36. The van der Waals surface area contributed by atoms with E-state index >= 15 is 0 Å². The second-order valence-electron chi connectivity index (χ2n) is 5.48. The van der Waals surface area contributed by atoms with Crippen LogP contribution in [-0.2, 0) is 0 Å². The van der Waals surface area contributed by atoms with Gasteiger partial charge in [0.05, 0.1) is 6.42 Å². The Kier molecular flexibility index (Phi) is 6.50. The van der Waals surface area contributed by atoms with Crippen LogP contribution in [0.15, 0.2) is 18.2 Å². The Morgan fingerprint density at radius 1 is 1.19 bits per heavy atom. The minimum Gasteiger partial charge on any atom is -0.314 e. The summed E-state index contributed by atoms with van der Waals surface area (Å²) < 4.78 is 38.7. The SMILES string of the molecule is Cc1ccc([C@@H](CC(F)(F)F)N2CCNCC2)c(C)c1.Cl. The smallest absolute Gasteiger partial charge is 0.314 e. The zero-order valence-corrected chi connectivity index (χ0v) is 13.2. The van der Waals surface area contributed by atoms with E-state index in [4.69, 9.17) is 0 Å². The van der Waals surface area contributed by atoms with Gasteiger partial charge in [-0.1, -0.05) is 23.8 Å². The summed E-state index contributed by atoms with van der Waals surface area (Å²) in [5.74, 6) is 0. The molecule has 0 aliphatic carbocycles. The molecule has 0 bridgehead atoms. The van der Waals surface area contributed by atoms with Gasteiger partial charge in [0.15, 0.2) is 0 Å². The van der Waals surface area contributed by atoms with E-state index in [1.54, 1.807) is 0 Å². The molecule has 1 N–H and O–H groups in total. The van der Waals surface area contributed by atoms with Crippen LogP contribution in [-0.4, -0.2) is 37.3 Å². The van der Waals surface area contributed by atoms with E-state index in [-0.39, 0.29) is 12.4 Å². The van der Waals surface area contributed by atoms with E-state index < -0.39 is 18.6 Å². The molecule has 0 spiro atoms. The van der Waals surface area contributed by atoms with Crippen molar-refractivity contribution < 1.29 is 13.2 Å². The normalized spacial score (nSPS) is 18.1. The summed E-state index contributed by atoms with van der Waals surface area (Å²) in [5, 5.41) is 3.18. The zero-order chi connectivity index (χ0) is 14.8. The van der Waals surface area contributed by atoms with Crippen LogP contribution in [0.3, 0.4) is 0 Å². The summed E-state index contributed by atoms with van der Waals surface area (Å²) in [6, 6.07) is 5.13. The fourth-order valence-corrected chi connectivity index (χ4v) is 2.85. The molecule has 120 valence electrons. The van der Waals surface area contributed by atoms with Crippen LogP contribution in [0.5, 0.6) is 0 Å². The van der Waals surface area contributed by atoms with Crippen molar-refractivity contribution in [1.82, 2.24) is 10.2 Å². The van der Waals surface area contributed by atoms with Crippen molar-refractivity contribution in [3.63, 3.8) is 0 Å². The molecule has 1 atom stereocenters. The molecule has 0 unspecified atom stereocenters. The van der Waals surface area contributed by atoms with Gasteiger partial charge in [-0.3, -0.25) is 4.90 Å². The van der Waals surface area contributed by atoms with Crippen LogP contribution in [0, 0.1) is 13.8 Å². The van der Waals surface area contributed by atoms with E-state index in [9.17, 15) is 13.2 Å².